The number of hydrogen-bond acceptors (Lipinski definition) is 3. The second-order valence-corrected chi connectivity index (χ2v) is 5.94. The second-order valence-electron chi connectivity index (χ2n) is 5.15. The molecule has 0 aliphatic heterocycles. The molecule has 0 aliphatic rings. The molecule has 2 aromatic rings. The number of halogens is 4. The van der Waals surface area contributed by atoms with Crippen molar-refractivity contribution in [2.75, 3.05) is 13.8 Å². The first-order valence-electron chi connectivity index (χ1n) is 6.59. The molecule has 1 unspecified atom stereocenters. The summed E-state index contributed by atoms with van der Waals surface area (Å²) in [5.41, 5.74) is -0.369. The van der Waals surface area contributed by atoms with Crippen molar-refractivity contribution in [1.82, 2.24) is 4.98 Å². The zero-order valence-corrected chi connectivity index (χ0v) is 13.9. The largest absolute Gasteiger partial charge is 0.468 e. The van der Waals surface area contributed by atoms with Crippen molar-refractivity contribution < 1.29 is 18.3 Å². The number of hydrogen-bond donors (Lipinski definition) is 0. The van der Waals surface area contributed by atoms with Crippen molar-refractivity contribution in [2.24, 2.45) is 0 Å². The Morgan fingerprint density at radius 1 is 1.30 bits per heavy atom. The van der Waals surface area contributed by atoms with Crippen LogP contribution in [0.1, 0.15) is 12.5 Å². The van der Waals surface area contributed by atoms with Gasteiger partial charge in [-0.1, -0.05) is 23.2 Å². The standard InChI is InChI=1S/C16H13Cl2F2NO2/c1-16(8-19,15(22)23-2)10-6-13(21-14(18)7-10)9-3-4-12(20)11(17)5-9/h3-7H,8H2,1-2H3. The van der Waals surface area contributed by atoms with Crippen molar-refractivity contribution >= 4 is 29.2 Å². The van der Waals surface area contributed by atoms with Gasteiger partial charge in [0.1, 0.15) is 23.1 Å². The van der Waals surface area contributed by atoms with Crippen LogP contribution in [0.3, 0.4) is 0 Å². The SMILES string of the molecule is COC(=O)C(C)(CF)c1cc(Cl)nc(-c2ccc(F)c(Cl)c2)c1. The van der Waals surface area contributed by atoms with Gasteiger partial charge in [-0.15, -0.1) is 0 Å². The minimum Gasteiger partial charge on any atom is -0.468 e. The van der Waals surface area contributed by atoms with Crippen LogP contribution in [0.25, 0.3) is 11.3 Å². The smallest absolute Gasteiger partial charge is 0.318 e. The topological polar surface area (TPSA) is 39.2 Å². The summed E-state index contributed by atoms with van der Waals surface area (Å²) in [7, 11) is 1.18. The minimum absolute atomic E-state index is 0.0709. The fraction of sp³-hybridized carbons (Fsp3) is 0.250. The molecule has 122 valence electrons. The molecule has 0 saturated heterocycles. The molecule has 0 radical (unpaired) electrons. The van der Waals surface area contributed by atoms with Gasteiger partial charge in [0.05, 0.1) is 17.8 Å². The number of alkyl halides is 1. The molecule has 0 fully saturated rings. The van der Waals surface area contributed by atoms with Crippen LogP contribution in [0.2, 0.25) is 10.2 Å². The van der Waals surface area contributed by atoms with Crippen LogP contribution < -0.4 is 0 Å². The Morgan fingerprint density at radius 2 is 2.00 bits per heavy atom. The van der Waals surface area contributed by atoms with E-state index in [9.17, 15) is 13.6 Å². The maximum absolute atomic E-state index is 13.5. The molecule has 0 spiro atoms. The summed E-state index contributed by atoms with van der Waals surface area (Å²) < 4.78 is 31.5. The lowest BCUT2D eigenvalue weighted by Gasteiger charge is -2.24. The Morgan fingerprint density at radius 3 is 2.57 bits per heavy atom. The number of benzene rings is 1. The average Bonchev–Trinajstić information content (AvgIpc) is 2.55. The van der Waals surface area contributed by atoms with Crippen LogP contribution in [-0.4, -0.2) is 24.7 Å². The highest BCUT2D eigenvalue weighted by Crippen LogP contribution is 2.32. The predicted molar refractivity (Wildman–Crippen MR) is 85.0 cm³/mol. The number of ether oxygens (including phenoxy) is 1. The van der Waals surface area contributed by atoms with E-state index in [2.05, 4.69) is 9.72 Å². The van der Waals surface area contributed by atoms with Gasteiger partial charge in [0, 0.05) is 5.56 Å². The molecule has 0 saturated carbocycles. The van der Waals surface area contributed by atoms with E-state index in [1.54, 1.807) is 0 Å². The predicted octanol–water partition coefficient (Wildman–Crippen LogP) is 4.59. The summed E-state index contributed by atoms with van der Waals surface area (Å²) in [6.45, 7) is 0.440. The van der Waals surface area contributed by atoms with Crippen molar-refractivity contribution in [3.63, 3.8) is 0 Å². The summed E-state index contributed by atoms with van der Waals surface area (Å²) in [5.74, 6) is -1.30. The van der Waals surface area contributed by atoms with E-state index < -0.39 is 23.9 Å². The first-order chi connectivity index (χ1) is 10.8. The van der Waals surface area contributed by atoms with Gasteiger partial charge >= 0.3 is 5.97 Å². The fourth-order valence-corrected chi connectivity index (χ4v) is 2.48. The van der Waals surface area contributed by atoms with Gasteiger partial charge in [-0.3, -0.25) is 4.79 Å². The highest BCUT2D eigenvalue weighted by atomic mass is 35.5. The lowest BCUT2D eigenvalue weighted by Crippen LogP contribution is -2.36. The summed E-state index contributed by atoms with van der Waals surface area (Å²) in [4.78, 5) is 16.0. The molecule has 0 N–H and O–H groups in total. The van der Waals surface area contributed by atoms with Gasteiger partial charge in [-0.25, -0.2) is 13.8 Å². The zero-order valence-electron chi connectivity index (χ0n) is 12.4. The van der Waals surface area contributed by atoms with Crippen molar-refractivity contribution in [3.8, 4) is 11.3 Å². The van der Waals surface area contributed by atoms with E-state index >= 15 is 0 Å². The monoisotopic (exact) mass is 359 g/mol. The van der Waals surface area contributed by atoms with Crippen molar-refractivity contribution in [2.45, 2.75) is 12.3 Å². The summed E-state index contributed by atoms with van der Waals surface area (Å²) >= 11 is 11.8. The average molecular weight is 360 g/mol. The third kappa shape index (κ3) is 3.46. The maximum Gasteiger partial charge on any atom is 0.318 e. The number of pyridine rings is 1. The Kier molecular flexibility index (Phi) is 5.22. The fourth-order valence-electron chi connectivity index (χ4n) is 2.09. The van der Waals surface area contributed by atoms with E-state index in [4.69, 9.17) is 23.2 Å². The van der Waals surface area contributed by atoms with Crippen LogP contribution in [-0.2, 0) is 14.9 Å². The summed E-state index contributed by atoms with van der Waals surface area (Å²) in [5, 5.41) is -0.00595. The number of carbonyl (C=O) groups excluding carboxylic acids is 1. The van der Waals surface area contributed by atoms with Crippen LogP contribution in [0.5, 0.6) is 0 Å². The molecule has 1 heterocycles. The third-order valence-corrected chi connectivity index (χ3v) is 4.03. The number of carbonyl (C=O) groups is 1. The van der Waals surface area contributed by atoms with Gasteiger partial charge < -0.3 is 4.74 Å². The maximum atomic E-state index is 13.5. The van der Waals surface area contributed by atoms with Gasteiger partial charge in [-0.2, -0.15) is 0 Å². The van der Waals surface area contributed by atoms with Crippen LogP contribution >= 0.6 is 23.2 Å². The highest BCUT2D eigenvalue weighted by Gasteiger charge is 2.37. The molecule has 0 bridgehead atoms. The Bertz CT molecular complexity index is 755. The quantitative estimate of drug-likeness (QED) is 0.591. The van der Waals surface area contributed by atoms with Crippen LogP contribution in [0.15, 0.2) is 30.3 Å². The molecule has 7 heteroatoms. The zero-order chi connectivity index (χ0) is 17.2. The molecule has 3 nitrogen and oxygen atoms in total. The number of aromatic nitrogens is 1. The number of esters is 1. The molecular weight excluding hydrogens is 347 g/mol. The number of rotatable bonds is 4. The molecule has 1 aromatic heterocycles. The van der Waals surface area contributed by atoms with Crippen molar-refractivity contribution in [3.05, 3.63) is 51.9 Å². The Balaban J connectivity index is 2.59. The van der Waals surface area contributed by atoms with Crippen molar-refractivity contribution in [1.29, 1.82) is 0 Å². The number of methoxy groups -OCH3 is 1. The van der Waals surface area contributed by atoms with E-state index in [-0.39, 0.29) is 10.2 Å². The van der Waals surface area contributed by atoms with Gasteiger partial charge in [0.15, 0.2) is 0 Å². The molecule has 0 aliphatic carbocycles. The number of nitrogens with zero attached hydrogens (tertiary/aromatic N) is 1. The third-order valence-electron chi connectivity index (χ3n) is 3.55. The van der Waals surface area contributed by atoms with Crippen LogP contribution in [0.4, 0.5) is 8.78 Å². The summed E-state index contributed by atoms with van der Waals surface area (Å²) in [6, 6.07) is 6.94. The van der Waals surface area contributed by atoms with E-state index in [0.29, 0.717) is 16.8 Å². The van der Waals surface area contributed by atoms with E-state index in [1.807, 2.05) is 0 Å². The molecule has 1 aromatic carbocycles. The Labute approximate surface area is 142 Å². The van der Waals surface area contributed by atoms with Gasteiger partial charge in [-0.05, 0) is 42.8 Å². The normalized spacial score (nSPS) is 13.5. The Hall–Kier alpha value is -1.72. The molecule has 23 heavy (non-hydrogen) atoms. The summed E-state index contributed by atoms with van der Waals surface area (Å²) in [6.07, 6.45) is 0. The highest BCUT2D eigenvalue weighted by molar-refractivity contribution is 6.31. The van der Waals surface area contributed by atoms with Gasteiger partial charge in [0.2, 0.25) is 0 Å². The lowest BCUT2D eigenvalue weighted by atomic mass is 9.83. The first-order valence-corrected chi connectivity index (χ1v) is 7.35. The lowest BCUT2D eigenvalue weighted by molar-refractivity contribution is -0.147. The molecule has 2 rings (SSSR count). The molecule has 0 amide bonds. The van der Waals surface area contributed by atoms with Gasteiger partial charge in [0.25, 0.3) is 0 Å². The second kappa shape index (κ2) is 6.81. The van der Waals surface area contributed by atoms with E-state index in [0.717, 1.165) is 0 Å². The van der Waals surface area contributed by atoms with Crippen LogP contribution in [0, 0.1) is 5.82 Å². The first kappa shape index (κ1) is 17.6. The molecular formula is C16H13Cl2F2NO2. The van der Waals surface area contributed by atoms with E-state index in [1.165, 1.54) is 44.4 Å². The minimum atomic E-state index is -1.51. The molecule has 1 atom stereocenters.